The Morgan fingerprint density at radius 2 is 2.06 bits per heavy atom. The Labute approximate surface area is 100 Å². The van der Waals surface area contributed by atoms with E-state index in [1.54, 1.807) is 4.68 Å². The first kappa shape index (κ1) is 13.0. The van der Waals surface area contributed by atoms with Crippen LogP contribution in [0.1, 0.15) is 62.1 Å². The van der Waals surface area contributed by atoms with E-state index in [1.807, 2.05) is 27.7 Å². The molecule has 0 aliphatic heterocycles. The van der Waals surface area contributed by atoms with Gasteiger partial charge in [-0.2, -0.15) is 5.10 Å². The average molecular weight is 245 g/mol. The van der Waals surface area contributed by atoms with E-state index >= 15 is 0 Å². The van der Waals surface area contributed by atoms with Crippen molar-refractivity contribution in [2.45, 2.75) is 46.1 Å². The molecule has 0 aliphatic carbocycles. The van der Waals surface area contributed by atoms with E-state index in [1.165, 1.54) is 0 Å². The summed E-state index contributed by atoms with van der Waals surface area (Å²) in [6.45, 7) is 7.80. The Morgan fingerprint density at radius 3 is 2.38 bits per heavy atom. The Bertz CT molecular complexity index is 399. The summed E-state index contributed by atoms with van der Waals surface area (Å²) in [5.41, 5.74) is 0.690. The molecule has 5 heteroatoms. The second-order valence-corrected chi connectivity index (χ2v) is 4.57. The molecule has 0 fully saturated rings. The lowest BCUT2D eigenvalue weighted by atomic mass is 10.1. The van der Waals surface area contributed by atoms with Gasteiger partial charge in [0.2, 0.25) is 0 Å². The lowest BCUT2D eigenvalue weighted by Crippen LogP contribution is -2.06. The summed E-state index contributed by atoms with van der Waals surface area (Å²) in [5, 5.41) is 13.7. The smallest absolute Gasteiger partial charge is 0.340 e. The lowest BCUT2D eigenvalue weighted by Gasteiger charge is -2.10. The van der Waals surface area contributed by atoms with Crippen molar-refractivity contribution in [2.24, 2.45) is 0 Å². The number of nitrogens with zero attached hydrogens (tertiary/aromatic N) is 2. The van der Waals surface area contributed by atoms with Crippen molar-refractivity contribution in [3.63, 3.8) is 0 Å². The zero-order valence-electron chi connectivity index (χ0n) is 9.99. The lowest BCUT2D eigenvalue weighted by molar-refractivity contribution is 0.0695. The molecule has 1 atom stereocenters. The van der Waals surface area contributed by atoms with Gasteiger partial charge in [-0.3, -0.25) is 4.68 Å². The van der Waals surface area contributed by atoms with Crippen LogP contribution in [0.5, 0.6) is 0 Å². The normalized spacial score (nSPS) is 13.1. The molecule has 1 heterocycles. The van der Waals surface area contributed by atoms with Gasteiger partial charge in [0, 0.05) is 0 Å². The highest BCUT2D eigenvalue weighted by Crippen LogP contribution is 2.28. The Balaban J connectivity index is 3.35. The molecule has 0 amide bonds. The number of carboxylic acids is 1. The molecule has 1 aromatic heterocycles. The van der Waals surface area contributed by atoms with Crippen LogP contribution in [0.2, 0.25) is 5.15 Å². The van der Waals surface area contributed by atoms with Gasteiger partial charge in [0.05, 0.1) is 11.7 Å². The van der Waals surface area contributed by atoms with E-state index in [2.05, 4.69) is 5.10 Å². The molecule has 4 nitrogen and oxygen atoms in total. The van der Waals surface area contributed by atoms with Crippen molar-refractivity contribution < 1.29 is 9.90 Å². The van der Waals surface area contributed by atoms with E-state index in [0.29, 0.717) is 5.69 Å². The molecule has 1 rings (SSSR count). The highest BCUT2D eigenvalue weighted by atomic mass is 35.5. The molecular formula is C11H17ClN2O2. The molecule has 0 bridgehead atoms. The van der Waals surface area contributed by atoms with Crippen molar-refractivity contribution in [2.75, 3.05) is 0 Å². The molecule has 90 valence electrons. The van der Waals surface area contributed by atoms with E-state index in [0.717, 1.165) is 6.42 Å². The van der Waals surface area contributed by atoms with Crippen LogP contribution in [0.4, 0.5) is 0 Å². The molecule has 0 aromatic carbocycles. The van der Waals surface area contributed by atoms with Crippen LogP contribution in [-0.4, -0.2) is 20.9 Å². The van der Waals surface area contributed by atoms with Crippen LogP contribution >= 0.6 is 11.6 Å². The predicted molar refractivity (Wildman–Crippen MR) is 63.3 cm³/mol. The summed E-state index contributed by atoms with van der Waals surface area (Å²) in [6.07, 6.45) is 0.859. The molecule has 1 unspecified atom stereocenters. The Kier molecular flexibility index (Phi) is 3.97. The third-order valence-electron chi connectivity index (χ3n) is 2.65. The number of hydrogen-bond acceptors (Lipinski definition) is 2. The summed E-state index contributed by atoms with van der Waals surface area (Å²) in [7, 11) is 0. The number of hydrogen-bond donors (Lipinski definition) is 1. The first-order valence-corrected chi connectivity index (χ1v) is 5.79. The molecular weight excluding hydrogens is 228 g/mol. The third-order valence-corrected chi connectivity index (χ3v) is 3.01. The van der Waals surface area contributed by atoms with Crippen molar-refractivity contribution in [3.8, 4) is 0 Å². The largest absolute Gasteiger partial charge is 0.478 e. The van der Waals surface area contributed by atoms with Gasteiger partial charge >= 0.3 is 5.97 Å². The number of carbonyl (C=O) groups is 1. The highest BCUT2D eigenvalue weighted by molar-refractivity contribution is 6.32. The fourth-order valence-corrected chi connectivity index (χ4v) is 1.88. The van der Waals surface area contributed by atoms with Crippen molar-refractivity contribution >= 4 is 17.6 Å². The van der Waals surface area contributed by atoms with Crippen LogP contribution < -0.4 is 0 Å². The summed E-state index contributed by atoms with van der Waals surface area (Å²) in [6, 6.07) is 0.109. The molecule has 0 saturated heterocycles. The van der Waals surface area contributed by atoms with Gasteiger partial charge in [0.25, 0.3) is 0 Å². The standard InChI is InChI=1S/C11H17ClN2O2/c1-5-7(4)14-10(12)8(11(15)16)9(13-14)6(2)3/h6-7H,5H2,1-4H3,(H,15,16). The van der Waals surface area contributed by atoms with E-state index < -0.39 is 5.97 Å². The monoisotopic (exact) mass is 244 g/mol. The van der Waals surface area contributed by atoms with E-state index in [9.17, 15) is 4.79 Å². The molecule has 1 aromatic rings. The van der Waals surface area contributed by atoms with Gasteiger partial charge < -0.3 is 5.11 Å². The summed E-state index contributed by atoms with van der Waals surface area (Å²) < 4.78 is 1.60. The zero-order valence-corrected chi connectivity index (χ0v) is 10.7. The van der Waals surface area contributed by atoms with Crippen LogP contribution in [-0.2, 0) is 0 Å². The average Bonchev–Trinajstić information content (AvgIpc) is 2.55. The van der Waals surface area contributed by atoms with Gasteiger partial charge in [-0.1, -0.05) is 32.4 Å². The topological polar surface area (TPSA) is 55.1 Å². The maximum absolute atomic E-state index is 11.1. The third kappa shape index (κ3) is 2.21. The van der Waals surface area contributed by atoms with Crippen molar-refractivity contribution in [1.29, 1.82) is 0 Å². The minimum absolute atomic E-state index is 0.0499. The highest BCUT2D eigenvalue weighted by Gasteiger charge is 2.25. The Morgan fingerprint density at radius 1 is 1.50 bits per heavy atom. The predicted octanol–water partition coefficient (Wildman–Crippen LogP) is 3.33. The first-order valence-electron chi connectivity index (χ1n) is 5.41. The van der Waals surface area contributed by atoms with Gasteiger partial charge in [0.15, 0.2) is 0 Å². The number of aromatic nitrogens is 2. The molecule has 0 radical (unpaired) electrons. The maximum atomic E-state index is 11.1. The van der Waals surface area contributed by atoms with E-state index in [-0.39, 0.29) is 22.7 Å². The molecule has 0 spiro atoms. The van der Waals surface area contributed by atoms with Gasteiger partial charge in [-0.05, 0) is 19.3 Å². The summed E-state index contributed by atoms with van der Waals surface area (Å²) in [4.78, 5) is 11.1. The SMILES string of the molecule is CCC(C)n1nc(C(C)C)c(C(=O)O)c1Cl. The minimum atomic E-state index is -1.01. The number of rotatable bonds is 4. The van der Waals surface area contributed by atoms with Crippen LogP contribution in [0.3, 0.4) is 0 Å². The quantitative estimate of drug-likeness (QED) is 0.884. The number of carboxylic acid groups (broad SMARTS) is 1. The number of halogens is 1. The maximum Gasteiger partial charge on any atom is 0.340 e. The molecule has 1 N–H and O–H groups in total. The van der Waals surface area contributed by atoms with Crippen LogP contribution in [0.25, 0.3) is 0 Å². The van der Waals surface area contributed by atoms with Crippen molar-refractivity contribution in [3.05, 3.63) is 16.4 Å². The fraction of sp³-hybridized carbons (Fsp3) is 0.636. The second-order valence-electron chi connectivity index (χ2n) is 4.21. The zero-order chi connectivity index (χ0) is 12.5. The molecule has 16 heavy (non-hydrogen) atoms. The van der Waals surface area contributed by atoms with Gasteiger partial charge in [-0.25, -0.2) is 4.79 Å². The summed E-state index contributed by atoms with van der Waals surface area (Å²) >= 11 is 6.06. The Hall–Kier alpha value is -1.03. The van der Waals surface area contributed by atoms with Crippen LogP contribution in [0, 0.1) is 0 Å². The van der Waals surface area contributed by atoms with E-state index in [4.69, 9.17) is 16.7 Å². The summed E-state index contributed by atoms with van der Waals surface area (Å²) in [5.74, 6) is -0.961. The minimum Gasteiger partial charge on any atom is -0.478 e. The fourth-order valence-electron chi connectivity index (χ4n) is 1.50. The molecule has 0 saturated carbocycles. The van der Waals surface area contributed by atoms with Gasteiger partial charge in [0.1, 0.15) is 10.7 Å². The second kappa shape index (κ2) is 4.87. The van der Waals surface area contributed by atoms with Crippen LogP contribution in [0.15, 0.2) is 0 Å². The number of aromatic carboxylic acids is 1. The first-order chi connectivity index (χ1) is 7.40. The van der Waals surface area contributed by atoms with Crippen molar-refractivity contribution in [1.82, 2.24) is 9.78 Å². The van der Waals surface area contributed by atoms with Gasteiger partial charge in [-0.15, -0.1) is 0 Å². The molecule has 0 aliphatic rings.